The van der Waals surface area contributed by atoms with Crippen LogP contribution in [-0.4, -0.2) is 45.8 Å². The monoisotopic (exact) mass is 394 g/mol. The van der Waals surface area contributed by atoms with Crippen molar-refractivity contribution in [1.82, 2.24) is 0 Å². The fraction of sp³-hybridized carbons (Fsp3) is 0.727. The maximum atomic E-state index is 16.8. The molecule has 154 valence electrons. The molecule has 0 aromatic carbocycles. The van der Waals surface area contributed by atoms with Crippen molar-refractivity contribution in [3.63, 3.8) is 0 Å². The highest BCUT2D eigenvalue weighted by atomic mass is 19.1. The van der Waals surface area contributed by atoms with Crippen molar-refractivity contribution in [1.29, 1.82) is 0 Å². The minimum Gasteiger partial charge on any atom is -0.390 e. The van der Waals surface area contributed by atoms with Crippen LogP contribution < -0.4 is 0 Å². The molecule has 2 N–H and O–H groups in total. The molecule has 3 saturated carbocycles. The molecule has 0 saturated heterocycles. The fourth-order valence-electron chi connectivity index (χ4n) is 7.24. The van der Waals surface area contributed by atoms with Crippen LogP contribution in [-0.2, 0) is 9.59 Å². The lowest BCUT2D eigenvalue weighted by Gasteiger charge is -2.62. The lowest BCUT2D eigenvalue weighted by atomic mass is 9.44. The summed E-state index contributed by atoms with van der Waals surface area (Å²) >= 11 is 0. The van der Waals surface area contributed by atoms with E-state index in [1.54, 1.807) is 26.8 Å². The number of rotatable bonds is 2. The first-order chi connectivity index (χ1) is 13.0. The van der Waals surface area contributed by atoms with Gasteiger partial charge >= 0.3 is 0 Å². The maximum absolute atomic E-state index is 16.8. The Balaban J connectivity index is 1.84. The van der Waals surface area contributed by atoms with Crippen LogP contribution in [0.3, 0.4) is 0 Å². The summed E-state index contributed by atoms with van der Waals surface area (Å²) in [6.45, 7) is 3.85. The highest BCUT2D eigenvalue weighted by Gasteiger charge is 2.75. The Hall–Kier alpha value is -1.40. The molecule has 4 aliphatic carbocycles. The van der Waals surface area contributed by atoms with Crippen LogP contribution in [0.15, 0.2) is 23.8 Å². The minimum absolute atomic E-state index is 0.123. The van der Waals surface area contributed by atoms with Crippen LogP contribution in [0.4, 0.5) is 8.78 Å². The molecule has 4 nitrogen and oxygen atoms in total. The topological polar surface area (TPSA) is 74.6 Å². The Morgan fingerprint density at radius 1 is 1.32 bits per heavy atom. The number of Topliss-reactive ketones (excluding diaryl/α,β-unsaturated/α-hetero) is 1. The Labute approximate surface area is 163 Å². The molecule has 6 heteroatoms. The number of hydrogen-bond acceptors (Lipinski definition) is 4. The number of hydrogen-bond donors (Lipinski definition) is 2. The number of allylic oxidation sites excluding steroid dienone is 4. The first-order valence-electron chi connectivity index (χ1n) is 10.1. The van der Waals surface area contributed by atoms with Gasteiger partial charge in [0.1, 0.15) is 5.60 Å². The van der Waals surface area contributed by atoms with Gasteiger partial charge in [-0.1, -0.05) is 25.5 Å². The van der Waals surface area contributed by atoms with E-state index in [0.29, 0.717) is 24.8 Å². The van der Waals surface area contributed by atoms with Crippen molar-refractivity contribution in [3.05, 3.63) is 23.8 Å². The second-order valence-corrected chi connectivity index (χ2v) is 9.72. The zero-order chi connectivity index (χ0) is 20.7. The van der Waals surface area contributed by atoms with Gasteiger partial charge in [0.2, 0.25) is 0 Å². The number of halogens is 2. The number of alkyl halides is 2. The molecule has 0 radical (unpaired) electrons. The molecular formula is C22H28F2O4. The molecule has 0 aliphatic heterocycles. The third-order valence-electron chi connectivity index (χ3n) is 8.77. The summed E-state index contributed by atoms with van der Waals surface area (Å²) in [5, 5.41) is 22.4. The second kappa shape index (κ2) is 5.82. The average Bonchev–Trinajstić information content (AvgIpc) is 2.84. The van der Waals surface area contributed by atoms with E-state index in [-0.39, 0.29) is 18.1 Å². The van der Waals surface area contributed by atoms with Crippen molar-refractivity contribution < 1.29 is 28.6 Å². The SMILES string of the molecule is C[C@H]1C[C@H]2[C@@H]3CCC4=CC(=O)C=C[C@]4(C)[C@@]3(F)[C@@H](O)C[C@]2(C)[C@@]1(O)C(=O)CF. The Morgan fingerprint density at radius 3 is 2.64 bits per heavy atom. The van der Waals surface area contributed by atoms with Gasteiger partial charge in [0.25, 0.3) is 0 Å². The molecule has 0 bridgehead atoms. The molecule has 0 spiro atoms. The largest absolute Gasteiger partial charge is 0.390 e. The summed E-state index contributed by atoms with van der Waals surface area (Å²) in [5.41, 5.74) is -5.45. The van der Waals surface area contributed by atoms with Gasteiger partial charge in [-0.15, -0.1) is 0 Å². The van der Waals surface area contributed by atoms with Gasteiger partial charge in [0.05, 0.1) is 6.10 Å². The van der Waals surface area contributed by atoms with Crippen LogP contribution in [0.25, 0.3) is 0 Å². The van der Waals surface area contributed by atoms with Crippen molar-refractivity contribution >= 4 is 11.6 Å². The van der Waals surface area contributed by atoms with Crippen molar-refractivity contribution in [2.45, 2.75) is 63.8 Å². The van der Waals surface area contributed by atoms with E-state index in [1.165, 1.54) is 12.2 Å². The third-order valence-corrected chi connectivity index (χ3v) is 8.77. The smallest absolute Gasteiger partial charge is 0.196 e. The van der Waals surface area contributed by atoms with E-state index in [9.17, 15) is 24.2 Å². The fourth-order valence-corrected chi connectivity index (χ4v) is 7.24. The van der Waals surface area contributed by atoms with Crippen LogP contribution in [0.5, 0.6) is 0 Å². The molecule has 0 aromatic rings. The summed E-state index contributed by atoms with van der Waals surface area (Å²) in [5.74, 6) is -2.53. The lowest BCUT2D eigenvalue weighted by Crippen LogP contribution is -2.69. The highest BCUT2D eigenvalue weighted by Crippen LogP contribution is 2.70. The molecule has 8 atom stereocenters. The van der Waals surface area contributed by atoms with Crippen molar-refractivity contribution in [2.75, 3.05) is 6.67 Å². The van der Waals surface area contributed by atoms with Crippen LogP contribution in [0.2, 0.25) is 0 Å². The predicted octanol–water partition coefficient (Wildman–Crippen LogP) is 2.87. The second-order valence-electron chi connectivity index (χ2n) is 9.72. The average molecular weight is 394 g/mol. The zero-order valence-electron chi connectivity index (χ0n) is 16.5. The molecule has 28 heavy (non-hydrogen) atoms. The third kappa shape index (κ3) is 2.01. The Bertz CT molecular complexity index is 806. The lowest BCUT2D eigenvalue weighted by molar-refractivity contribution is -0.219. The summed E-state index contributed by atoms with van der Waals surface area (Å²) in [4.78, 5) is 24.2. The molecule has 0 amide bonds. The van der Waals surface area contributed by atoms with E-state index < -0.39 is 52.5 Å². The molecule has 0 heterocycles. The molecule has 4 aliphatic rings. The number of carbonyl (C=O) groups excluding carboxylic acids is 2. The first kappa shape index (κ1) is 19.9. The van der Waals surface area contributed by atoms with Gasteiger partial charge in [-0.05, 0) is 56.6 Å². The first-order valence-corrected chi connectivity index (χ1v) is 10.1. The minimum atomic E-state index is -2.01. The van der Waals surface area contributed by atoms with Gasteiger partial charge in [-0.3, -0.25) is 9.59 Å². The van der Waals surface area contributed by atoms with E-state index in [0.717, 1.165) is 0 Å². The maximum Gasteiger partial charge on any atom is 0.196 e. The van der Waals surface area contributed by atoms with Gasteiger partial charge < -0.3 is 10.2 Å². The van der Waals surface area contributed by atoms with E-state index >= 15 is 4.39 Å². The summed E-state index contributed by atoms with van der Waals surface area (Å²) < 4.78 is 30.2. The van der Waals surface area contributed by atoms with Crippen LogP contribution in [0.1, 0.15) is 46.5 Å². The molecule has 3 fully saturated rings. The number of fused-ring (bicyclic) bond motifs is 5. The quantitative estimate of drug-likeness (QED) is 0.755. The molecule has 0 unspecified atom stereocenters. The summed E-state index contributed by atoms with van der Waals surface area (Å²) in [7, 11) is 0. The Kier molecular flexibility index (Phi) is 4.13. The molecular weight excluding hydrogens is 366 g/mol. The zero-order valence-corrected chi connectivity index (χ0v) is 16.5. The summed E-state index contributed by atoms with van der Waals surface area (Å²) in [6.07, 6.45) is 4.18. The van der Waals surface area contributed by atoms with Gasteiger partial charge in [-0.2, -0.15) is 0 Å². The number of ketones is 2. The van der Waals surface area contributed by atoms with E-state index in [1.807, 2.05) is 0 Å². The standard InChI is InChI=1S/C22H28F2O4/c1-12-8-16-15-5-4-13-9-14(25)6-7-19(13,2)21(15,24)17(26)10-20(16,3)22(12,28)18(27)11-23/h6-7,9,12,15-17,26,28H,4-5,8,10-11H2,1-3H3/t12-,15-,16-,17-,19-,20-,21-,22-/m0/s1. The van der Waals surface area contributed by atoms with Crippen molar-refractivity contribution in [2.24, 2.45) is 28.6 Å². The van der Waals surface area contributed by atoms with Crippen LogP contribution in [0, 0.1) is 28.6 Å². The predicted molar refractivity (Wildman–Crippen MR) is 98.8 cm³/mol. The number of aliphatic hydroxyl groups is 2. The van der Waals surface area contributed by atoms with Gasteiger partial charge in [-0.25, -0.2) is 8.78 Å². The highest BCUT2D eigenvalue weighted by molar-refractivity contribution is 6.01. The van der Waals surface area contributed by atoms with Crippen LogP contribution >= 0.6 is 0 Å². The normalized spacial score (nSPS) is 52.5. The van der Waals surface area contributed by atoms with Crippen molar-refractivity contribution in [3.8, 4) is 0 Å². The Morgan fingerprint density at radius 2 is 2.00 bits per heavy atom. The van der Waals surface area contributed by atoms with E-state index in [4.69, 9.17) is 0 Å². The van der Waals surface area contributed by atoms with E-state index in [2.05, 4.69) is 0 Å². The number of aliphatic hydroxyl groups excluding tert-OH is 1. The molecule has 4 rings (SSSR count). The van der Waals surface area contributed by atoms with Gasteiger partial charge in [0, 0.05) is 16.7 Å². The summed E-state index contributed by atoms with van der Waals surface area (Å²) in [6, 6.07) is 0. The number of carbonyl (C=O) groups is 2. The molecule has 0 aromatic heterocycles. The van der Waals surface area contributed by atoms with Gasteiger partial charge in [0.15, 0.2) is 23.9 Å².